The Morgan fingerprint density at radius 3 is 2.85 bits per heavy atom. The Morgan fingerprint density at radius 1 is 1.27 bits per heavy atom. The van der Waals surface area contributed by atoms with E-state index in [0.717, 1.165) is 0 Å². The summed E-state index contributed by atoms with van der Waals surface area (Å²) in [4.78, 5) is 24.4. The van der Waals surface area contributed by atoms with E-state index in [1.807, 2.05) is 0 Å². The molecule has 0 radical (unpaired) electrons. The van der Waals surface area contributed by atoms with E-state index < -0.39 is 0 Å². The number of hydrogen-bond donors (Lipinski definition) is 1. The summed E-state index contributed by atoms with van der Waals surface area (Å²) < 4.78 is 6.35. The molecule has 0 saturated carbocycles. The van der Waals surface area contributed by atoms with Gasteiger partial charge in [0.2, 0.25) is 5.91 Å². The molecule has 0 aliphatic rings. The first-order chi connectivity index (χ1) is 12.6. The Balaban J connectivity index is 1.58. The number of rotatable bonds is 6. The number of anilines is 1. The van der Waals surface area contributed by atoms with Crippen LogP contribution in [0.2, 0.25) is 5.02 Å². The molecule has 0 atom stereocenters. The molecule has 7 nitrogen and oxygen atoms in total. The third kappa shape index (κ3) is 4.00. The molecule has 0 aliphatic carbocycles. The fourth-order valence-corrected chi connectivity index (χ4v) is 2.78. The van der Waals surface area contributed by atoms with Crippen molar-refractivity contribution in [1.82, 2.24) is 15.0 Å². The molecule has 0 aliphatic heterocycles. The van der Waals surface area contributed by atoms with Crippen molar-refractivity contribution >= 4 is 34.1 Å². The number of carbonyl (C=O) groups is 1. The van der Waals surface area contributed by atoms with Gasteiger partial charge >= 0.3 is 0 Å². The van der Waals surface area contributed by atoms with E-state index in [2.05, 4.69) is 15.6 Å². The highest BCUT2D eigenvalue weighted by Gasteiger charge is 2.08. The molecule has 0 unspecified atom stereocenters. The molecule has 134 valence electrons. The van der Waals surface area contributed by atoms with Gasteiger partial charge in [-0.05, 0) is 36.8 Å². The highest BCUT2D eigenvalue weighted by molar-refractivity contribution is 6.32. The van der Waals surface area contributed by atoms with Crippen molar-refractivity contribution in [2.45, 2.75) is 19.4 Å². The van der Waals surface area contributed by atoms with E-state index >= 15 is 0 Å². The quantitative estimate of drug-likeness (QED) is 0.719. The van der Waals surface area contributed by atoms with Crippen LogP contribution in [0.1, 0.15) is 12.8 Å². The Bertz CT molecular complexity index is 1000. The molecular weight excluding hydrogens is 356 g/mol. The zero-order chi connectivity index (χ0) is 18.5. The number of aryl methyl sites for hydroxylation is 1. The highest BCUT2D eigenvalue weighted by atomic mass is 35.5. The SMILES string of the molecule is COc1ccc(NC(=O)CCCn2nnc3ccccc3c2=O)cc1Cl. The lowest BCUT2D eigenvalue weighted by atomic mass is 10.2. The van der Waals surface area contributed by atoms with Gasteiger partial charge in [-0.3, -0.25) is 9.59 Å². The second kappa shape index (κ2) is 7.97. The van der Waals surface area contributed by atoms with Crippen LogP contribution in [0.15, 0.2) is 47.3 Å². The minimum Gasteiger partial charge on any atom is -0.495 e. The van der Waals surface area contributed by atoms with Crippen LogP contribution in [0, 0.1) is 0 Å². The van der Waals surface area contributed by atoms with Crippen LogP contribution in [0.25, 0.3) is 10.9 Å². The van der Waals surface area contributed by atoms with Crippen molar-refractivity contribution in [1.29, 1.82) is 0 Å². The number of methoxy groups -OCH3 is 1. The molecule has 1 aromatic heterocycles. The van der Waals surface area contributed by atoms with Gasteiger partial charge in [-0.1, -0.05) is 28.9 Å². The fraction of sp³-hybridized carbons (Fsp3) is 0.222. The number of carbonyl (C=O) groups excluding carboxylic acids is 1. The molecule has 2 aromatic carbocycles. The summed E-state index contributed by atoms with van der Waals surface area (Å²) in [5.74, 6) is 0.368. The average Bonchev–Trinajstić information content (AvgIpc) is 2.64. The van der Waals surface area contributed by atoms with Crippen molar-refractivity contribution in [3.63, 3.8) is 0 Å². The van der Waals surface area contributed by atoms with Gasteiger partial charge in [0.25, 0.3) is 5.56 Å². The van der Waals surface area contributed by atoms with Gasteiger partial charge in [0.15, 0.2) is 0 Å². The molecule has 3 rings (SSSR count). The maximum atomic E-state index is 12.3. The smallest absolute Gasteiger partial charge is 0.277 e. The summed E-state index contributed by atoms with van der Waals surface area (Å²) in [7, 11) is 1.52. The maximum absolute atomic E-state index is 12.3. The van der Waals surface area contributed by atoms with Gasteiger partial charge in [-0.15, -0.1) is 5.10 Å². The third-order valence-electron chi connectivity index (χ3n) is 3.84. The number of amides is 1. The molecule has 26 heavy (non-hydrogen) atoms. The molecule has 8 heteroatoms. The number of ether oxygens (including phenoxy) is 1. The number of halogens is 1. The van der Waals surface area contributed by atoms with E-state index in [1.54, 1.807) is 42.5 Å². The molecule has 3 aromatic rings. The Labute approximate surface area is 154 Å². The average molecular weight is 373 g/mol. The summed E-state index contributed by atoms with van der Waals surface area (Å²) in [6.45, 7) is 0.313. The van der Waals surface area contributed by atoms with E-state index in [-0.39, 0.29) is 17.9 Å². The van der Waals surface area contributed by atoms with Gasteiger partial charge in [0.1, 0.15) is 11.3 Å². The predicted molar refractivity (Wildman–Crippen MR) is 99.7 cm³/mol. The summed E-state index contributed by atoms with van der Waals surface area (Å²) in [6, 6.07) is 12.0. The molecule has 0 bridgehead atoms. The summed E-state index contributed by atoms with van der Waals surface area (Å²) in [5.41, 5.74) is 0.935. The van der Waals surface area contributed by atoms with Crippen LogP contribution in [0.5, 0.6) is 5.75 Å². The molecule has 1 N–H and O–H groups in total. The van der Waals surface area contributed by atoms with Gasteiger partial charge < -0.3 is 10.1 Å². The number of hydrogen-bond acceptors (Lipinski definition) is 5. The fourth-order valence-electron chi connectivity index (χ4n) is 2.53. The number of nitrogens with zero attached hydrogens (tertiary/aromatic N) is 3. The Morgan fingerprint density at radius 2 is 2.08 bits per heavy atom. The normalized spacial score (nSPS) is 10.7. The van der Waals surface area contributed by atoms with Crippen LogP contribution >= 0.6 is 11.6 Å². The van der Waals surface area contributed by atoms with Crippen molar-refractivity contribution < 1.29 is 9.53 Å². The topological polar surface area (TPSA) is 86.1 Å². The second-order valence-electron chi connectivity index (χ2n) is 5.64. The standard InChI is InChI=1S/C18H17ClN4O3/c1-26-16-9-8-12(11-14(16)19)20-17(24)7-4-10-23-18(25)13-5-2-3-6-15(13)21-22-23/h2-3,5-6,8-9,11H,4,7,10H2,1H3,(H,20,24). The molecule has 0 saturated heterocycles. The van der Waals surface area contributed by atoms with Gasteiger partial charge in [-0.2, -0.15) is 0 Å². The molecule has 0 fully saturated rings. The second-order valence-corrected chi connectivity index (χ2v) is 6.04. The minimum absolute atomic E-state index is 0.173. The van der Waals surface area contributed by atoms with Crippen molar-refractivity contribution in [2.24, 2.45) is 0 Å². The largest absolute Gasteiger partial charge is 0.495 e. The maximum Gasteiger partial charge on any atom is 0.277 e. The minimum atomic E-state index is -0.210. The number of fused-ring (bicyclic) bond motifs is 1. The monoisotopic (exact) mass is 372 g/mol. The first-order valence-electron chi connectivity index (χ1n) is 8.04. The van der Waals surface area contributed by atoms with Gasteiger partial charge in [0.05, 0.1) is 17.5 Å². The summed E-state index contributed by atoms with van der Waals surface area (Å²) >= 11 is 6.03. The highest BCUT2D eigenvalue weighted by Crippen LogP contribution is 2.27. The number of benzene rings is 2. The van der Waals surface area contributed by atoms with Crippen LogP contribution in [0.3, 0.4) is 0 Å². The number of nitrogens with one attached hydrogen (secondary N) is 1. The molecular formula is C18H17ClN4O3. The van der Waals surface area contributed by atoms with Gasteiger partial charge in [-0.25, -0.2) is 4.68 Å². The van der Waals surface area contributed by atoms with E-state index in [4.69, 9.17) is 16.3 Å². The lowest BCUT2D eigenvalue weighted by molar-refractivity contribution is -0.116. The summed E-state index contributed by atoms with van der Waals surface area (Å²) in [5, 5.41) is 11.6. The molecule has 1 amide bonds. The zero-order valence-corrected chi connectivity index (χ0v) is 14.9. The van der Waals surface area contributed by atoms with Gasteiger partial charge in [0, 0.05) is 18.7 Å². The van der Waals surface area contributed by atoms with E-state index in [9.17, 15) is 9.59 Å². The van der Waals surface area contributed by atoms with Crippen LogP contribution < -0.4 is 15.6 Å². The lowest BCUT2D eigenvalue weighted by Gasteiger charge is -2.08. The zero-order valence-electron chi connectivity index (χ0n) is 14.1. The van der Waals surface area contributed by atoms with Crippen LogP contribution in [-0.4, -0.2) is 28.0 Å². The third-order valence-corrected chi connectivity index (χ3v) is 4.13. The van der Waals surface area contributed by atoms with Crippen LogP contribution in [-0.2, 0) is 11.3 Å². The predicted octanol–water partition coefficient (Wildman–Crippen LogP) is 2.87. The lowest BCUT2D eigenvalue weighted by Crippen LogP contribution is -2.25. The molecule has 1 heterocycles. The Hall–Kier alpha value is -2.93. The first-order valence-corrected chi connectivity index (χ1v) is 8.42. The van der Waals surface area contributed by atoms with Crippen molar-refractivity contribution in [2.75, 3.05) is 12.4 Å². The van der Waals surface area contributed by atoms with Crippen LogP contribution in [0.4, 0.5) is 5.69 Å². The first kappa shape index (κ1) is 17.9. The molecule has 0 spiro atoms. The summed E-state index contributed by atoms with van der Waals surface area (Å²) in [6.07, 6.45) is 0.702. The van der Waals surface area contributed by atoms with E-state index in [0.29, 0.717) is 40.3 Å². The van der Waals surface area contributed by atoms with Crippen molar-refractivity contribution in [3.05, 3.63) is 57.8 Å². The number of aromatic nitrogens is 3. The van der Waals surface area contributed by atoms with E-state index in [1.165, 1.54) is 11.8 Å². The Kier molecular flexibility index (Phi) is 5.48. The van der Waals surface area contributed by atoms with Crippen molar-refractivity contribution in [3.8, 4) is 5.75 Å².